The molecule has 0 spiro atoms. The number of fused-ring (bicyclic) bond motifs is 1. The van der Waals surface area contributed by atoms with Gasteiger partial charge in [-0.25, -0.2) is 0 Å². The molecule has 0 atom stereocenters. The number of ether oxygens (including phenoxy) is 2. The molecule has 1 aliphatic heterocycles. The average molecular weight is 327 g/mol. The highest BCUT2D eigenvalue weighted by Crippen LogP contribution is 2.36. The number of ketones is 1. The van der Waals surface area contributed by atoms with Crippen LogP contribution in [0.3, 0.4) is 0 Å². The van der Waals surface area contributed by atoms with Gasteiger partial charge in [0, 0.05) is 16.9 Å². The Hall–Kier alpha value is -0.870. The van der Waals surface area contributed by atoms with Crippen LogP contribution < -0.4 is 9.47 Å². The van der Waals surface area contributed by atoms with E-state index in [1.807, 2.05) is 0 Å². The Balaban J connectivity index is 1.66. The monoisotopic (exact) mass is 326 g/mol. The van der Waals surface area contributed by atoms with Gasteiger partial charge in [0.2, 0.25) is 0 Å². The summed E-state index contributed by atoms with van der Waals surface area (Å²) in [6.45, 7) is 1.03. The van der Waals surface area contributed by atoms with Gasteiger partial charge in [-0.2, -0.15) is 11.8 Å². The van der Waals surface area contributed by atoms with Crippen LogP contribution in [0.1, 0.15) is 42.5 Å². The van der Waals surface area contributed by atoms with Gasteiger partial charge in [-0.3, -0.25) is 4.79 Å². The van der Waals surface area contributed by atoms with Crippen molar-refractivity contribution in [1.29, 1.82) is 0 Å². The Kier molecular flexibility index (Phi) is 4.96. The van der Waals surface area contributed by atoms with E-state index in [4.69, 9.17) is 21.1 Å². The molecule has 114 valence electrons. The van der Waals surface area contributed by atoms with Crippen LogP contribution >= 0.6 is 23.4 Å². The fourth-order valence-corrected chi connectivity index (χ4v) is 4.25. The van der Waals surface area contributed by atoms with E-state index in [1.54, 1.807) is 23.9 Å². The number of halogens is 1. The molecule has 0 N–H and O–H groups in total. The number of benzene rings is 1. The number of rotatable bonds is 4. The van der Waals surface area contributed by atoms with E-state index in [2.05, 4.69) is 0 Å². The Morgan fingerprint density at radius 2 is 1.81 bits per heavy atom. The zero-order valence-corrected chi connectivity index (χ0v) is 13.5. The first kappa shape index (κ1) is 15.0. The van der Waals surface area contributed by atoms with Crippen molar-refractivity contribution in [2.24, 2.45) is 0 Å². The molecule has 2 aliphatic rings. The quantitative estimate of drug-likeness (QED) is 0.770. The molecular weight excluding hydrogens is 308 g/mol. The Morgan fingerprint density at radius 1 is 1.14 bits per heavy atom. The van der Waals surface area contributed by atoms with Crippen LogP contribution in [-0.4, -0.2) is 30.0 Å². The maximum Gasteiger partial charge on any atom is 0.174 e. The van der Waals surface area contributed by atoms with E-state index in [-0.39, 0.29) is 5.78 Å². The minimum Gasteiger partial charge on any atom is -0.486 e. The van der Waals surface area contributed by atoms with Crippen LogP contribution in [0, 0.1) is 0 Å². The molecule has 1 aromatic rings. The van der Waals surface area contributed by atoms with Gasteiger partial charge in [0.25, 0.3) is 0 Å². The van der Waals surface area contributed by atoms with Crippen LogP contribution in [0.5, 0.6) is 11.5 Å². The van der Waals surface area contributed by atoms with Crippen molar-refractivity contribution in [2.45, 2.75) is 37.4 Å². The maximum atomic E-state index is 12.4. The van der Waals surface area contributed by atoms with Crippen LogP contribution in [0.15, 0.2) is 12.1 Å². The third kappa shape index (κ3) is 3.67. The zero-order chi connectivity index (χ0) is 14.7. The molecule has 0 bridgehead atoms. The van der Waals surface area contributed by atoms with Crippen LogP contribution in [0.2, 0.25) is 5.02 Å². The molecule has 0 aromatic heterocycles. The molecule has 1 heterocycles. The van der Waals surface area contributed by atoms with E-state index in [9.17, 15) is 4.79 Å². The van der Waals surface area contributed by atoms with E-state index in [0.29, 0.717) is 46.3 Å². The SMILES string of the molecule is O=C(CSC1CCCCC1)c1cc2c(cc1Cl)OCCO2. The summed E-state index contributed by atoms with van der Waals surface area (Å²) in [5, 5.41) is 1.08. The molecule has 3 nitrogen and oxygen atoms in total. The summed E-state index contributed by atoms with van der Waals surface area (Å²) in [6, 6.07) is 3.41. The molecule has 0 unspecified atom stereocenters. The number of thioether (sulfide) groups is 1. The minimum atomic E-state index is 0.0764. The van der Waals surface area contributed by atoms with Gasteiger partial charge in [-0.1, -0.05) is 30.9 Å². The highest BCUT2D eigenvalue weighted by molar-refractivity contribution is 8.00. The fraction of sp³-hybridized carbons (Fsp3) is 0.562. The van der Waals surface area contributed by atoms with Gasteiger partial charge in [-0.15, -0.1) is 0 Å². The second-order valence-corrected chi connectivity index (χ2v) is 7.17. The summed E-state index contributed by atoms with van der Waals surface area (Å²) >= 11 is 7.98. The lowest BCUT2D eigenvalue weighted by Gasteiger charge is -2.21. The molecule has 3 rings (SSSR count). The van der Waals surface area contributed by atoms with E-state index < -0.39 is 0 Å². The number of hydrogen-bond acceptors (Lipinski definition) is 4. The summed E-state index contributed by atoms with van der Waals surface area (Å²) in [6.07, 6.45) is 6.37. The zero-order valence-electron chi connectivity index (χ0n) is 11.9. The van der Waals surface area contributed by atoms with Crippen molar-refractivity contribution in [3.05, 3.63) is 22.7 Å². The van der Waals surface area contributed by atoms with E-state index in [1.165, 1.54) is 32.1 Å². The first-order valence-electron chi connectivity index (χ1n) is 7.48. The average Bonchev–Trinajstić information content (AvgIpc) is 2.53. The smallest absolute Gasteiger partial charge is 0.174 e. The number of carbonyl (C=O) groups excluding carboxylic acids is 1. The summed E-state index contributed by atoms with van der Waals surface area (Å²) in [7, 11) is 0. The van der Waals surface area contributed by atoms with Crippen molar-refractivity contribution in [3.63, 3.8) is 0 Å². The minimum absolute atomic E-state index is 0.0764. The van der Waals surface area contributed by atoms with Gasteiger partial charge in [0.05, 0.1) is 10.8 Å². The van der Waals surface area contributed by atoms with Gasteiger partial charge >= 0.3 is 0 Å². The van der Waals surface area contributed by atoms with Gasteiger partial charge < -0.3 is 9.47 Å². The predicted octanol–water partition coefficient (Wildman–Crippen LogP) is 4.36. The van der Waals surface area contributed by atoms with Gasteiger partial charge in [0.15, 0.2) is 17.3 Å². The molecule has 0 radical (unpaired) electrons. The lowest BCUT2D eigenvalue weighted by atomic mass is 10.0. The molecule has 0 saturated heterocycles. The molecular formula is C16H19ClO3S. The molecule has 1 fully saturated rings. The normalized spacial score (nSPS) is 18.5. The van der Waals surface area contributed by atoms with Gasteiger partial charge in [0.1, 0.15) is 13.2 Å². The van der Waals surface area contributed by atoms with Crippen molar-refractivity contribution in [1.82, 2.24) is 0 Å². The van der Waals surface area contributed by atoms with E-state index >= 15 is 0 Å². The summed E-state index contributed by atoms with van der Waals surface area (Å²) < 4.78 is 11.0. The third-order valence-electron chi connectivity index (χ3n) is 3.93. The highest BCUT2D eigenvalue weighted by atomic mass is 35.5. The Bertz CT molecular complexity index is 526. The molecule has 5 heteroatoms. The van der Waals surface area contributed by atoms with Crippen LogP contribution in [-0.2, 0) is 0 Å². The number of Topliss-reactive ketones (excluding diaryl/α,β-unsaturated/α-hetero) is 1. The van der Waals surface area contributed by atoms with Crippen LogP contribution in [0.4, 0.5) is 0 Å². The predicted molar refractivity (Wildman–Crippen MR) is 86.1 cm³/mol. The molecule has 0 amide bonds. The van der Waals surface area contributed by atoms with E-state index in [0.717, 1.165) is 0 Å². The standard InChI is InChI=1S/C16H19ClO3S/c17-13-9-16-15(19-6-7-20-16)8-12(13)14(18)10-21-11-4-2-1-3-5-11/h8-9,11H,1-7,10H2. The lowest BCUT2D eigenvalue weighted by Crippen LogP contribution is -2.17. The first-order valence-corrected chi connectivity index (χ1v) is 8.90. The first-order chi connectivity index (χ1) is 10.2. The van der Waals surface area contributed by atoms with Gasteiger partial charge in [-0.05, 0) is 18.9 Å². The summed E-state index contributed by atoms with van der Waals surface area (Å²) in [5.41, 5.74) is 0.546. The summed E-state index contributed by atoms with van der Waals surface area (Å²) in [4.78, 5) is 12.4. The maximum absolute atomic E-state index is 12.4. The lowest BCUT2D eigenvalue weighted by molar-refractivity contribution is 0.102. The van der Waals surface area contributed by atoms with Crippen molar-refractivity contribution < 1.29 is 14.3 Å². The highest BCUT2D eigenvalue weighted by Gasteiger charge is 2.21. The Morgan fingerprint density at radius 3 is 2.52 bits per heavy atom. The summed E-state index contributed by atoms with van der Waals surface area (Å²) in [5.74, 6) is 1.82. The largest absolute Gasteiger partial charge is 0.486 e. The number of hydrogen-bond donors (Lipinski definition) is 0. The molecule has 21 heavy (non-hydrogen) atoms. The molecule has 1 aromatic carbocycles. The Labute approximate surface area is 134 Å². The van der Waals surface area contributed by atoms with Crippen LogP contribution in [0.25, 0.3) is 0 Å². The fourth-order valence-electron chi connectivity index (χ4n) is 2.78. The molecule has 1 saturated carbocycles. The van der Waals surface area contributed by atoms with Crippen molar-refractivity contribution >= 4 is 29.1 Å². The molecule has 1 aliphatic carbocycles. The van der Waals surface area contributed by atoms with Crippen molar-refractivity contribution in [3.8, 4) is 11.5 Å². The number of carbonyl (C=O) groups is 1. The third-order valence-corrected chi connectivity index (χ3v) is 5.62. The van der Waals surface area contributed by atoms with Crippen molar-refractivity contribution in [2.75, 3.05) is 19.0 Å². The second-order valence-electron chi connectivity index (χ2n) is 5.47. The second kappa shape index (κ2) is 6.93. The topological polar surface area (TPSA) is 35.5 Å².